The third kappa shape index (κ3) is 6.08. The molecule has 1 unspecified atom stereocenters. The molecule has 1 fully saturated rings. The van der Waals surface area contributed by atoms with Crippen LogP contribution in [-0.4, -0.2) is 65.3 Å². The highest BCUT2D eigenvalue weighted by Gasteiger charge is 2.31. The summed E-state index contributed by atoms with van der Waals surface area (Å²) in [4.78, 5) is 29.8. The minimum atomic E-state index is -0.331. The molecule has 204 valence electrons. The molecule has 0 bridgehead atoms. The summed E-state index contributed by atoms with van der Waals surface area (Å²) >= 11 is 0. The van der Waals surface area contributed by atoms with E-state index in [2.05, 4.69) is 21.4 Å². The van der Waals surface area contributed by atoms with E-state index in [-0.39, 0.29) is 18.0 Å². The molecule has 0 saturated carbocycles. The van der Waals surface area contributed by atoms with Gasteiger partial charge in [-0.1, -0.05) is 30.9 Å². The van der Waals surface area contributed by atoms with Gasteiger partial charge in [-0.3, -0.25) is 4.98 Å². The van der Waals surface area contributed by atoms with Crippen molar-refractivity contribution in [1.82, 2.24) is 19.9 Å². The second-order valence-corrected chi connectivity index (χ2v) is 9.28. The van der Waals surface area contributed by atoms with Crippen molar-refractivity contribution in [3.05, 3.63) is 89.9 Å². The third-order valence-electron chi connectivity index (χ3n) is 6.79. The van der Waals surface area contributed by atoms with E-state index in [0.29, 0.717) is 61.1 Å². The van der Waals surface area contributed by atoms with E-state index < -0.39 is 0 Å². The van der Waals surface area contributed by atoms with Crippen LogP contribution in [0.5, 0.6) is 5.75 Å². The number of benzene rings is 1. The topological polar surface area (TPSA) is 80.7 Å². The van der Waals surface area contributed by atoms with Crippen molar-refractivity contribution in [2.45, 2.75) is 33.2 Å². The zero-order chi connectivity index (χ0) is 27.9. The van der Waals surface area contributed by atoms with Crippen molar-refractivity contribution in [2.24, 2.45) is 0 Å². The summed E-state index contributed by atoms with van der Waals surface area (Å²) in [5, 5.41) is 0. The molecule has 0 aliphatic carbocycles. The molecule has 1 aliphatic rings. The average molecular weight is 532 g/mol. The van der Waals surface area contributed by atoms with Gasteiger partial charge in [-0.2, -0.15) is 0 Å². The first-order valence-electron chi connectivity index (χ1n) is 13.0. The van der Waals surface area contributed by atoms with Gasteiger partial charge in [0, 0.05) is 49.4 Å². The fraction of sp³-hybridized carbons (Fsp3) is 0.333. The summed E-state index contributed by atoms with van der Waals surface area (Å²) < 4.78 is 25.7. The van der Waals surface area contributed by atoms with Crippen molar-refractivity contribution in [2.75, 3.05) is 38.3 Å². The highest BCUT2D eigenvalue weighted by molar-refractivity contribution is 5.87. The second kappa shape index (κ2) is 12.5. The van der Waals surface area contributed by atoms with Crippen LogP contribution in [0.2, 0.25) is 0 Å². The molecule has 1 aromatic carbocycles. The average Bonchev–Trinajstić information content (AvgIpc) is 2.95. The maximum absolute atomic E-state index is 15.1. The number of anilines is 1. The van der Waals surface area contributed by atoms with Crippen LogP contribution in [0.3, 0.4) is 0 Å². The fourth-order valence-corrected chi connectivity index (χ4v) is 4.83. The normalized spacial score (nSPS) is 15.7. The molecule has 1 amide bonds. The Bertz CT molecular complexity index is 1380. The Balaban J connectivity index is 1.78. The molecule has 3 aromatic rings. The molecule has 1 saturated heterocycles. The first-order valence-corrected chi connectivity index (χ1v) is 13.0. The number of methoxy groups -OCH3 is 1. The molecule has 1 atom stereocenters. The maximum Gasteiger partial charge on any atom is 0.409 e. The van der Waals surface area contributed by atoms with Crippen LogP contribution < -0.4 is 9.64 Å². The molecule has 1 aliphatic heterocycles. The van der Waals surface area contributed by atoms with E-state index in [1.165, 1.54) is 12.4 Å². The van der Waals surface area contributed by atoms with Gasteiger partial charge in [-0.25, -0.2) is 19.2 Å². The van der Waals surface area contributed by atoms with E-state index in [1.807, 2.05) is 32.1 Å². The minimum absolute atomic E-state index is 0.0610. The predicted octanol–water partition coefficient (Wildman–Crippen LogP) is 5.39. The molecular weight excluding hydrogens is 497 g/mol. The van der Waals surface area contributed by atoms with Crippen LogP contribution in [0.25, 0.3) is 11.1 Å². The Morgan fingerprint density at radius 1 is 1.23 bits per heavy atom. The Labute approximate surface area is 228 Å². The number of carbonyl (C=O) groups excluding carboxylic acids is 1. The number of piperazine rings is 1. The third-order valence-corrected chi connectivity index (χ3v) is 6.79. The predicted molar refractivity (Wildman–Crippen MR) is 150 cm³/mol. The van der Waals surface area contributed by atoms with Gasteiger partial charge in [0.2, 0.25) is 0 Å². The number of halogens is 1. The lowest BCUT2D eigenvalue weighted by Gasteiger charge is -2.41. The highest BCUT2D eigenvalue weighted by atomic mass is 19.1. The van der Waals surface area contributed by atoms with Crippen LogP contribution in [0.4, 0.5) is 15.0 Å². The zero-order valence-electron chi connectivity index (χ0n) is 22.9. The summed E-state index contributed by atoms with van der Waals surface area (Å²) in [6.45, 7) is 11.8. The van der Waals surface area contributed by atoms with Gasteiger partial charge in [-0.15, -0.1) is 0 Å². The highest BCUT2D eigenvalue weighted by Crippen LogP contribution is 2.36. The van der Waals surface area contributed by atoms with E-state index in [9.17, 15) is 4.79 Å². The zero-order valence-corrected chi connectivity index (χ0v) is 22.9. The molecule has 4 rings (SSSR count). The van der Waals surface area contributed by atoms with Crippen molar-refractivity contribution in [3.63, 3.8) is 0 Å². The smallest absolute Gasteiger partial charge is 0.409 e. The maximum atomic E-state index is 15.1. The molecule has 0 spiro atoms. The van der Waals surface area contributed by atoms with Gasteiger partial charge in [0.25, 0.3) is 0 Å². The second-order valence-electron chi connectivity index (χ2n) is 9.28. The van der Waals surface area contributed by atoms with Gasteiger partial charge < -0.3 is 19.3 Å². The Morgan fingerprint density at radius 2 is 2.03 bits per heavy atom. The van der Waals surface area contributed by atoms with E-state index >= 15 is 4.39 Å². The number of aromatic nitrogens is 3. The number of rotatable bonds is 8. The lowest BCUT2D eigenvalue weighted by atomic mass is 9.92. The Kier molecular flexibility index (Phi) is 8.91. The SMILES string of the molecule is C=C(Cc1ncnc(N2CCN(C(=O)OCC)CC2C)c1/C(=C\C)c1ccccc1F)c1cncc(OC)c1. The molecule has 0 radical (unpaired) electrons. The van der Waals surface area contributed by atoms with Crippen molar-refractivity contribution < 1.29 is 18.7 Å². The number of allylic oxidation sites excluding steroid dienone is 2. The quantitative estimate of drug-likeness (QED) is 0.385. The molecule has 8 nitrogen and oxygen atoms in total. The van der Waals surface area contributed by atoms with E-state index in [1.54, 1.807) is 43.5 Å². The lowest BCUT2D eigenvalue weighted by Crippen LogP contribution is -2.54. The van der Waals surface area contributed by atoms with Gasteiger partial charge in [-0.05, 0) is 49.6 Å². The number of pyridine rings is 1. The van der Waals surface area contributed by atoms with Crippen LogP contribution in [0.1, 0.15) is 43.2 Å². The van der Waals surface area contributed by atoms with Crippen LogP contribution >= 0.6 is 0 Å². The van der Waals surface area contributed by atoms with Crippen molar-refractivity contribution >= 4 is 23.1 Å². The molecule has 39 heavy (non-hydrogen) atoms. The molecule has 3 heterocycles. The molecule has 9 heteroatoms. The Morgan fingerprint density at radius 3 is 2.72 bits per heavy atom. The Hall–Kier alpha value is -4.27. The summed E-state index contributed by atoms with van der Waals surface area (Å²) in [6.07, 6.45) is 6.86. The summed E-state index contributed by atoms with van der Waals surface area (Å²) in [7, 11) is 1.59. The number of hydrogen-bond donors (Lipinski definition) is 0. The summed E-state index contributed by atoms with van der Waals surface area (Å²) in [6, 6.07) is 8.50. The standard InChI is InChI=1S/C30H34FN5O3/c1-6-24(25-10-8-9-11-26(25)31)28-27(14-20(3)22-15-23(38-5)17-32-16-22)33-19-34-29(28)36-13-12-35(18-21(36)4)30(37)39-7-2/h6,8-11,15-17,19,21H,3,7,12-14,18H2,1-2,4-5H3/b24-6-. The van der Waals surface area contributed by atoms with Crippen LogP contribution in [0, 0.1) is 5.82 Å². The van der Waals surface area contributed by atoms with Crippen LogP contribution in [0.15, 0.2) is 61.7 Å². The summed E-state index contributed by atoms with van der Waals surface area (Å²) in [5.74, 6) is 0.984. The number of carbonyl (C=O) groups is 1. The van der Waals surface area contributed by atoms with Gasteiger partial charge in [0.1, 0.15) is 23.7 Å². The number of nitrogens with zero attached hydrogens (tertiary/aromatic N) is 5. The van der Waals surface area contributed by atoms with E-state index in [0.717, 1.165) is 16.7 Å². The van der Waals surface area contributed by atoms with E-state index in [4.69, 9.17) is 14.5 Å². The number of ether oxygens (including phenoxy) is 2. The first kappa shape index (κ1) is 27.8. The fourth-order valence-electron chi connectivity index (χ4n) is 4.83. The largest absolute Gasteiger partial charge is 0.495 e. The minimum Gasteiger partial charge on any atom is -0.495 e. The van der Waals surface area contributed by atoms with Crippen molar-refractivity contribution in [1.29, 1.82) is 0 Å². The molecular formula is C30H34FN5O3. The van der Waals surface area contributed by atoms with Crippen molar-refractivity contribution in [3.8, 4) is 5.75 Å². The van der Waals surface area contributed by atoms with Crippen LogP contribution in [-0.2, 0) is 11.2 Å². The summed E-state index contributed by atoms with van der Waals surface area (Å²) in [5.41, 5.74) is 4.21. The number of amides is 1. The lowest BCUT2D eigenvalue weighted by molar-refractivity contribution is 0.100. The van der Waals surface area contributed by atoms with Gasteiger partial charge >= 0.3 is 6.09 Å². The molecule has 2 aromatic heterocycles. The van der Waals surface area contributed by atoms with Gasteiger partial charge in [0.15, 0.2) is 0 Å². The monoisotopic (exact) mass is 531 g/mol. The first-order chi connectivity index (χ1) is 18.9. The molecule has 0 N–H and O–H groups in total. The number of hydrogen-bond acceptors (Lipinski definition) is 7. The van der Waals surface area contributed by atoms with Gasteiger partial charge in [0.05, 0.1) is 25.6 Å².